The fraction of sp³-hybridized carbons (Fsp3) is 0.0909. The molecule has 0 bridgehead atoms. The van der Waals surface area contributed by atoms with Crippen molar-refractivity contribution in [3.8, 4) is 11.6 Å². The van der Waals surface area contributed by atoms with E-state index in [-0.39, 0.29) is 17.0 Å². The molecule has 0 aliphatic heterocycles. The van der Waals surface area contributed by atoms with Gasteiger partial charge in [0.05, 0.1) is 0 Å². The smallest absolute Gasteiger partial charge is 0.225 e. The Labute approximate surface area is 108 Å². The zero-order valence-electron chi connectivity index (χ0n) is 8.95. The van der Waals surface area contributed by atoms with Crippen molar-refractivity contribution in [2.24, 2.45) is 0 Å². The maximum Gasteiger partial charge on any atom is 0.225 e. The van der Waals surface area contributed by atoms with Gasteiger partial charge in [-0.15, -0.1) is 0 Å². The third-order valence-electron chi connectivity index (χ3n) is 2.05. The number of nitrogens with zero attached hydrogens (tertiary/aromatic N) is 2. The Bertz CT molecular complexity index is 540. The molecule has 2 aromatic rings. The average molecular weight is 270 g/mol. The van der Waals surface area contributed by atoms with Crippen LogP contribution in [0.3, 0.4) is 0 Å². The first-order chi connectivity index (χ1) is 8.04. The number of aryl methyl sites for hydroxylation is 1. The van der Waals surface area contributed by atoms with Crippen molar-refractivity contribution < 1.29 is 4.74 Å². The fourth-order valence-electron chi connectivity index (χ4n) is 1.26. The van der Waals surface area contributed by atoms with Gasteiger partial charge in [-0.05, 0) is 24.6 Å². The van der Waals surface area contributed by atoms with Gasteiger partial charge in [0, 0.05) is 11.1 Å². The first kappa shape index (κ1) is 12.0. The Morgan fingerprint density at radius 3 is 2.65 bits per heavy atom. The lowest BCUT2D eigenvalue weighted by atomic mass is 10.2. The third-order valence-corrected chi connectivity index (χ3v) is 2.48. The number of benzene rings is 1. The minimum absolute atomic E-state index is 0.0622. The molecule has 1 heterocycles. The number of nitrogens with two attached hydrogens (primary N) is 1. The Morgan fingerprint density at radius 2 is 1.94 bits per heavy atom. The van der Waals surface area contributed by atoms with Crippen LogP contribution in [0.4, 0.5) is 5.95 Å². The Morgan fingerprint density at radius 1 is 1.18 bits per heavy atom. The highest BCUT2D eigenvalue weighted by molar-refractivity contribution is 6.30. The Kier molecular flexibility index (Phi) is 3.36. The molecule has 0 saturated carbocycles. The van der Waals surface area contributed by atoms with E-state index < -0.39 is 0 Å². The van der Waals surface area contributed by atoms with Gasteiger partial charge in [0.2, 0.25) is 11.8 Å². The highest BCUT2D eigenvalue weighted by Crippen LogP contribution is 2.27. The van der Waals surface area contributed by atoms with Crippen LogP contribution < -0.4 is 10.5 Å². The van der Waals surface area contributed by atoms with E-state index in [1.54, 1.807) is 12.1 Å². The van der Waals surface area contributed by atoms with E-state index in [2.05, 4.69) is 9.97 Å². The van der Waals surface area contributed by atoms with Crippen molar-refractivity contribution in [3.05, 3.63) is 40.0 Å². The van der Waals surface area contributed by atoms with Gasteiger partial charge in [0.25, 0.3) is 0 Å². The lowest BCUT2D eigenvalue weighted by molar-refractivity contribution is 0.459. The predicted octanol–water partition coefficient (Wildman–Crippen LogP) is 3.47. The average Bonchev–Trinajstić information content (AvgIpc) is 2.22. The van der Waals surface area contributed by atoms with Crippen molar-refractivity contribution in [1.82, 2.24) is 9.97 Å². The topological polar surface area (TPSA) is 61.0 Å². The molecule has 88 valence electrons. The highest BCUT2D eigenvalue weighted by Gasteiger charge is 2.06. The molecule has 2 N–H and O–H groups in total. The standard InChI is InChI=1S/C11H9Cl2N3O/c1-6-2-3-7(12)4-8(6)17-10-5-9(13)15-11(14)16-10/h2-5H,1H3,(H2,14,15,16). The van der Waals surface area contributed by atoms with Gasteiger partial charge in [-0.1, -0.05) is 29.3 Å². The molecule has 0 radical (unpaired) electrons. The molecule has 2 rings (SSSR count). The van der Waals surface area contributed by atoms with Crippen molar-refractivity contribution in [3.63, 3.8) is 0 Å². The molecule has 0 aliphatic carbocycles. The number of nitrogen functional groups attached to an aromatic ring is 1. The molecule has 0 aliphatic rings. The minimum atomic E-state index is 0.0622. The van der Waals surface area contributed by atoms with Gasteiger partial charge >= 0.3 is 0 Å². The molecule has 0 amide bonds. The van der Waals surface area contributed by atoms with E-state index in [1.807, 2.05) is 13.0 Å². The van der Waals surface area contributed by atoms with Crippen LogP contribution in [-0.2, 0) is 0 Å². The van der Waals surface area contributed by atoms with E-state index in [0.717, 1.165) is 5.56 Å². The van der Waals surface area contributed by atoms with Crippen LogP contribution >= 0.6 is 23.2 Å². The molecule has 0 fully saturated rings. The predicted molar refractivity (Wildman–Crippen MR) is 67.7 cm³/mol. The summed E-state index contributed by atoms with van der Waals surface area (Å²) in [6.07, 6.45) is 0. The zero-order chi connectivity index (χ0) is 12.4. The molecule has 0 atom stereocenters. The third kappa shape index (κ3) is 2.99. The first-order valence-electron chi connectivity index (χ1n) is 4.78. The molecule has 17 heavy (non-hydrogen) atoms. The van der Waals surface area contributed by atoms with E-state index in [4.69, 9.17) is 33.7 Å². The second kappa shape index (κ2) is 4.77. The monoisotopic (exact) mass is 269 g/mol. The molecular formula is C11H9Cl2N3O. The van der Waals surface area contributed by atoms with Crippen LogP contribution in [0.1, 0.15) is 5.56 Å². The van der Waals surface area contributed by atoms with Crippen molar-refractivity contribution in [2.45, 2.75) is 6.92 Å². The SMILES string of the molecule is Cc1ccc(Cl)cc1Oc1cc(Cl)nc(N)n1. The van der Waals surface area contributed by atoms with Gasteiger partial charge in [-0.25, -0.2) is 4.98 Å². The molecule has 0 saturated heterocycles. The van der Waals surface area contributed by atoms with Crippen molar-refractivity contribution >= 4 is 29.2 Å². The molecule has 1 aromatic carbocycles. The van der Waals surface area contributed by atoms with E-state index in [9.17, 15) is 0 Å². The minimum Gasteiger partial charge on any atom is -0.438 e. The maximum absolute atomic E-state index is 5.88. The molecule has 0 unspecified atom stereocenters. The fourth-order valence-corrected chi connectivity index (χ4v) is 1.60. The van der Waals surface area contributed by atoms with Crippen LogP contribution in [0.15, 0.2) is 24.3 Å². The van der Waals surface area contributed by atoms with Crippen LogP contribution in [0.5, 0.6) is 11.6 Å². The number of rotatable bonds is 2. The van der Waals surface area contributed by atoms with Crippen molar-refractivity contribution in [2.75, 3.05) is 5.73 Å². The molecule has 0 spiro atoms. The van der Waals surface area contributed by atoms with Crippen molar-refractivity contribution in [1.29, 1.82) is 0 Å². The van der Waals surface area contributed by atoms with Crippen LogP contribution in [0.2, 0.25) is 10.2 Å². The number of aromatic nitrogens is 2. The molecule has 1 aromatic heterocycles. The molecule has 4 nitrogen and oxygen atoms in total. The summed E-state index contributed by atoms with van der Waals surface area (Å²) in [5, 5.41) is 0.811. The zero-order valence-corrected chi connectivity index (χ0v) is 10.5. The van der Waals surface area contributed by atoms with E-state index in [0.29, 0.717) is 10.8 Å². The summed E-state index contributed by atoms with van der Waals surface area (Å²) in [6.45, 7) is 1.90. The van der Waals surface area contributed by atoms with E-state index >= 15 is 0 Å². The summed E-state index contributed by atoms with van der Waals surface area (Å²) in [5.41, 5.74) is 6.40. The van der Waals surface area contributed by atoms with Gasteiger partial charge in [0.15, 0.2) is 0 Å². The lowest BCUT2D eigenvalue weighted by Gasteiger charge is -2.08. The van der Waals surface area contributed by atoms with Gasteiger partial charge in [0.1, 0.15) is 10.9 Å². The second-order valence-corrected chi connectivity index (χ2v) is 4.22. The molecule has 6 heteroatoms. The maximum atomic E-state index is 5.88. The summed E-state index contributed by atoms with van der Waals surface area (Å²) < 4.78 is 5.55. The van der Waals surface area contributed by atoms with Gasteiger partial charge in [-0.2, -0.15) is 4.98 Å². The number of hydrogen-bond acceptors (Lipinski definition) is 4. The summed E-state index contributed by atoms with van der Waals surface area (Å²) >= 11 is 11.6. The largest absolute Gasteiger partial charge is 0.438 e. The number of hydrogen-bond donors (Lipinski definition) is 1. The van der Waals surface area contributed by atoms with Crippen LogP contribution in [0.25, 0.3) is 0 Å². The number of halogens is 2. The van der Waals surface area contributed by atoms with Crippen LogP contribution in [0, 0.1) is 6.92 Å². The first-order valence-corrected chi connectivity index (χ1v) is 5.54. The Hall–Kier alpha value is -1.52. The van der Waals surface area contributed by atoms with Crippen LogP contribution in [-0.4, -0.2) is 9.97 Å². The quantitative estimate of drug-likeness (QED) is 0.849. The summed E-state index contributed by atoms with van der Waals surface area (Å²) in [7, 11) is 0. The lowest BCUT2D eigenvalue weighted by Crippen LogP contribution is -1.97. The normalized spacial score (nSPS) is 10.3. The highest BCUT2D eigenvalue weighted by atomic mass is 35.5. The number of anilines is 1. The summed E-state index contributed by atoms with van der Waals surface area (Å²) in [4.78, 5) is 7.66. The number of ether oxygens (including phenoxy) is 1. The molecular weight excluding hydrogens is 261 g/mol. The summed E-state index contributed by atoms with van der Waals surface area (Å²) in [6, 6.07) is 6.82. The Balaban J connectivity index is 2.34. The summed E-state index contributed by atoms with van der Waals surface area (Å²) in [5.74, 6) is 0.951. The van der Waals surface area contributed by atoms with E-state index in [1.165, 1.54) is 6.07 Å². The van der Waals surface area contributed by atoms with Gasteiger partial charge in [-0.3, -0.25) is 0 Å². The second-order valence-electron chi connectivity index (χ2n) is 3.40. The van der Waals surface area contributed by atoms with Gasteiger partial charge < -0.3 is 10.5 Å².